The predicted molar refractivity (Wildman–Crippen MR) is 103 cm³/mol. The van der Waals surface area contributed by atoms with Gasteiger partial charge in [0, 0.05) is 18.8 Å². The minimum absolute atomic E-state index is 0.348. The van der Waals surface area contributed by atoms with Crippen molar-refractivity contribution in [3.63, 3.8) is 0 Å². The fourth-order valence-electron chi connectivity index (χ4n) is 2.38. The SMILES string of the molecule is C=CCOc1cccc(NC(=O)C(c2ccccc2)N(C)S(C)(=O)=O)c1. The van der Waals surface area contributed by atoms with Gasteiger partial charge in [-0.2, -0.15) is 4.31 Å². The van der Waals surface area contributed by atoms with Crippen LogP contribution in [0.4, 0.5) is 5.69 Å². The number of hydrogen-bond donors (Lipinski definition) is 1. The molecule has 6 nitrogen and oxygen atoms in total. The Morgan fingerprint density at radius 1 is 1.23 bits per heavy atom. The Balaban J connectivity index is 2.28. The molecule has 26 heavy (non-hydrogen) atoms. The van der Waals surface area contributed by atoms with E-state index in [1.165, 1.54) is 7.05 Å². The number of ether oxygens (including phenoxy) is 1. The molecule has 0 saturated carbocycles. The Hall–Kier alpha value is -2.64. The van der Waals surface area contributed by atoms with Gasteiger partial charge in [0.25, 0.3) is 0 Å². The van der Waals surface area contributed by atoms with Crippen molar-refractivity contribution in [2.45, 2.75) is 6.04 Å². The van der Waals surface area contributed by atoms with Crippen molar-refractivity contribution >= 4 is 21.6 Å². The molecular weight excluding hydrogens is 352 g/mol. The summed E-state index contributed by atoms with van der Waals surface area (Å²) in [5.41, 5.74) is 1.09. The summed E-state index contributed by atoms with van der Waals surface area (Å²) in [6.45, 7) is 3.94. The standard InChI is InChI=1S/C19H22N2O4S/c1-4-13-25-17-12-8-11-16(14-17)20-19(22)18(21(2)26(3,23)24)15-9-6-5-7-10-15/h4-12,14,18H,1,13H2,2-3H3,(H,20,22). The maximum Gasteiger partial charge on any atom is 0.247 e. The van der Waals surface area contributed by atoms with Gasteiger partial charge < -0.3 is 10.1 Å². The quantitative estimate of drug-likeness (QED) is 0.721. The van der Waals surface area contributed by atoms with Crippen molar-refractivity contribution in [2.24, 2.45) is 0 Å². The topological polar surface area (TPSA) is 75.7 Å². The number of amides is 1. The summed E-state index contributed by atoms with van der Waals surface area (Å²) in [7, 11) is -2.19. The fourth-order valence-corrected chi connectivity index (χ4v) is 2.98. The lowest BCUT2D eigenvalue weighted by molar-refractivity contribution is -0.119. The highest BCUT2D eigenvalue weighted by atomic mass is 32.2. The lowest BCUT2D eigenvalue weighted by atomic mass is 10.1. The van der Waals surface area contributed by atoms with Crippen LogP contribution in [-0.4, -0.2) is 38.5 Å². The van der Waals surface area contributed by atoms with Crippen molar-refractivity contribution in [1.82, 2.24) is 4.31 Å². The first-order chi connectivity index (χ1) is 12.3. The Morgan fingerprint density at radius 3 is 2.54 bits per heavy atom. The largest absolute Gasteiger partial charge is 0.489 e. The van der Waals surface area contributed by atoms with E-state index in [2.05, 4.69) is 11.9 Å². The molecule has 1 atom stereocenters. The zero-order valence-electron chi connectivity index (χ0n) is 14.8. The number of carbonyl (C=O) groups is 1. The number of rotatable bonds is 8. The van der Waals surface area contributed by atoms with Crippen LogP contribution in [0, 0.1) is 0 Å². The van der Waals surface area contributed by atoms with Gasteiger partial charge >= 0.3 is 0 Å². The number of sulfonamides is 1. The molecular formula is C19H22N2O4S. The molecule has 2 rings (SSSR count). The highest BCUT2D eigenvalue weighted by Crippen LogP contribution is 2.25. The van der Waals surface area contributed by atoms with E-state index in [-0.39, 0.29) is 0 Å². The van der Waals surface area contributed by atoms with Crippen LogP contribution in [0.15, 0.2) is 67.3 Å². The molecule has 1 amide bonds. The molecule has 0 saturated heterocycles. The number of benzene rings is 2. The number of nitrogens with zero attached hydrogens (tertiary/aromatic N) is 1. The first kappa shape index (κ1) is 19.7. The number of likely N-dealkylation sites (N-methyl/N-ethyl adjacent to an activating group) is 1. The minimum atomic E-state index is -3.57. The normalized spacial score (nSPS) is 12.4. The Bertz CT molecular complexity index is 866. The number of anilines is 1. The molecule has 0 fully saturated rings. The first-order valence-corrected chi connectivity index (χ1v) is 9.80. The first-order valence-electron chi connectivity index (χ1n) is 7.95. The van der Waals surface area contributed by atoms with Gasteiger partial charge in [-0.3, -0.25) is 4.79 Å². The van der Waals surface area contributed by atoms with E-state index in [9.17, 15) is 13.2 Å². The molecule has 0 aliphatic rings. The van der Waals surface area contributed by atoms with Gasteiger partial charge in [-0.1, -0.05) is 49.1 Å². The van der Waals surface area contributed by atoms with Crippen LogP contribution in [0.5, 0.6) is 5.75 Å². The Labute approximate surface area is 154 Å². The molecule has 7 heteroatoms. The van der Waals surface area contributed by atoms with Gasteiger partial charge in [0.2, 0.25) is 15.9 Å². The number of hydrogen-bond acceptors (Lipinski definition) is 4. The lowest BCUT2D eigenvalue weighted by Gasteiger charge is -2.25. The summed E-state index contributed by atoms with van der Waals surface area (Å²) in [6, 6.07) is 14.7. The zero-order chi connectivity index (χ0) is 19.2. The van der Waals surface area contributed by atoms with E-state index in [4.69, 9.17) is 4.74 Å². The Kier molecular flexibility index (Phi) is 6.54. The van der Waals surface area contributed by atoms with E-state index < -0.39 is 22.0 Å². The molecule has 2 aromatic carbocycles. The molecule has 0 radical (unpaired) electrons. The molecule has 1 N–H and O–H groups in total. The highest BCUT2D eigenvalue weighted by Gasteiger charge is 2.30. The average molecular weight is 374 g/mol. The van der Waals surface area contributed by atoms with Crippen LogP contribution in [-0.2, 0) is 14.8 Å². The lowest BCUT2D eigenvalue weighted by Crippen LogP contribution is -2.38. The molecule has 2 aromatic rings. The molecule has 0 aromatic heterocycles. The van der Waals surface area contributed by atoms with E-state index in [0.29, 0.717) is 23.6 Å². The zero-order valence-corrected chi connectivity index (χ0v) is 15.6. The smallest absolute Gasteiger partial charge is 0.247 e. The van der Waals surface area contributed by atoms with E-state index in [1.807, 2.05) is 0 Å². The molecule has 0 aliphatic carbocycles. The van der Waals surface area contributed by atoms with Gasteiger partial charge in [-0.15, -0.1) is 0 Å². The molecule has 138 valence electrons. The van der Waals surface area contributed by atoms with Crippen LogP contribution in [0.3, 0.4) is 0 Å². The van der Waals surface area contributed by atoms with Crippen molar-refractivity contribution < 1.29 is 17.9 Å². The number of nitrogens with one attached hydrogen (secondary N) is 1. The van der Waals surface area contributed by atoms with E-state index in [1.54, 1.807) is 60.7 Å². The molecule has 0 aliphatic heterocycles. The number of carbonyl (C=O) groups excluding carboxylic acids is 1. The average Bonchev–Trinajstić information content (AvgIpc) is 2.60. The minimum Gasteiger partial charge on any atom is -0.489 e. The van der Waals surface area contributed by atoms with E-state index in [0.717, 1.165) is 10.6 Å². The van der Waals surface area contributed by atoms with Crippen LogP contribution in [0.1, 0.15) is 11.6 Å². The summed E-state index contributed by atoms with van der Waals surface area (Å²) in [5.74, 6) is 0.125. The second-order valence-corrected chi connectivity index (χ2v) is 7.75. The molecule has 1 unspecified atom stereocenters. The summed E-state index contributed by atoms with van der Waals surface area (Å²) >= 11 is 0. The van der Waals surface area contributed by atoms with Gasteiger partial charge in [0.15, 0.2) is 0 Å². The predicted octanol–water partition coefficient (Wildman–Crippen LogP) is 2.82. The monoisotopic (exact) mass is 374 g/mol. The third-order valence-corrected chi connectivity index (χ3v) is 4.98. The highest BCUT2D eigenvalue weighted by molar-refractivity contribution is 7.88. The van der Waals surface area contributed by atoms with Crippen LogP contribution in [0.2, 0.25) is 0 Å². The van der Waals surface area contributed by atoms with Gasteiger partial charge in [-0.25, -0.2) is 8.42 Å². The molecule has 0 bridgehead atoms. The third kappa shape index (κ3) is 5.18. The summed E-state index contributed by atoms with van der Waals surface area (Å²) in [6.07, 6.45) is 2.69. The van der Waals surface area contributed by atoms with Crippen molar-refractivity contribution in [3.05, 3.63) is 72.8 Å². The van der Waals surface area contributed by atoms with Gasteiger partial charge in [0.05, 0.1) is 6.26 Å². The third-order valence-electron chi connectivity index (χ3n) is 3.72. The maximum absolute atomic E-state index is 12.9. The second kappa shape index (κ2) is 8.64. The summed E-state index contributed by atoms with van der Waals surface area (Å²) in [5, 5.41) is 2.76. The molecule has 0 heterocycles. The van der Waals surface area contributed by atoms with Crippen molar-refractivity contribution in [2.75, 3.05) is 25.2 Å². The van der Waals surface area contributed by atoms with Crippen LogP contribution in [0.25, 0.3) is 0 Å². The van der Waals surface area contributed by atoms with E-state index >= 15 is 0 Å². The second-order valence-electron chi connectivity index (χ2n) is 5.71. The van der Waals surface area contributed by atoms with Gasteiger partial charge in [-0.05, 0) is 17.7 Å². The summed E-state index contributed by atoms with van der Waals surface area (Å²) in [4.78, 5) is 12.9. The maximum atomic E-state index is 12.9. The van der Waals surface area contributed by atoms with Crippen LogP contribution >= 0.6 is 0 Å². The molecule has 0 spiro atoms. The van der Waals surface area contributed by atoms with Gasteiger partial charge in [0.1, 0.15) is 18.4 Å². The van der Waals surface area contributed by atoms with Crippen LogP contribution < -0.4 is 10.1 Å². The summed E-state index contributed by atoms with van der Waals surface area (Å²) < 4.78 is 30.5. The Morgan fingerprint density at radius 2 is 1.92 bits per heavy atom. The van der Waals surface area contributed by atoms with Crippen molar-refractivity contribution in [1.29, 1.82) is 0 Å². The fraction of sp³-hybridized carbons (Fsp3) is 0.211. The van der Waals surface area contributed by atoms with Crippen molar-refractivity contribution in [3.8, 4) is 5.75 Å².